The molecule has 0 fully saturated rings. The number of thiol groups is 1. The molecule has 0 aromatic carbocycles. The number of carboxylic acids is 2. The van der Waals surface area contributed by atoms with Crippen LogP contribution < -0.4 is 16.5 Å². The Morgan fingerprint density at radius 3 is 2.26 bits per heavy atom. The van der Waals surface area contributed by atoms with Crippen molar-refractivity contribution in [2.75, 3.05) is 18.1 Å². The maximum absolute atomic E-state index is 10.9. The molecule has 0 aliphatic carbocycles. The number of aliphatic carboxylic acids is 2. The van der Waals surface area contributed by atoms with Gasteiger partial charge in [-0.05, 0) is 12.2 Å². The molecule has 132 valence electrons. The maximum Gasteiger partial charge on any atom is 0.327 e. The predicted octanol–water partition coefficient (Wildman–Crippen LogP) is -1.04. The highest BCUT2D eigenvalue weighted by molar-refractivity contribution is 7.97. The summed E-state index contributed by atoms with van der Waals surface area (Å²) < 4.78 is 2.44. The molecule has 0 heterocycles. The number of nitrogens with zero attached hydrogens (tertiary/aromatic N) is 2. The largest absolute Gasteiger partial charge is 0.480 e. The number of carbonyl (C=O) groups excluding carboxylic acids is 1. The van der Waals surface area contributed by atoms with E-state index in [-0.39, 0.29) is 12.2 Å². The first kappa shape index (κ1) is 23.3. The van der Waals surface area contributed by atoms with E-state index in [9.17, 15) is 24.2 Å². The third kappa shape index (κ3) is 14.8. The molecular weight excluding hydrogens is 354 g/mol. The number of carboxylic acid groups (broad SMARTS) is 2. The lowest BCUT2D eigenvalue weighted by Crippen LogP contribution is -2.43. The van der Waals surface area contributed by atoms with Gasteiger partial charge in [0, 0.05) is 22.3 Å². The molecule has 1 amide bonds. The van der Waals surface area contributed by atoms with Crippen LogP contribution >= 0.6 is 24.6 Å². The Hall–Kier alpha value is -1.93. The standard InChI is InChI=1S/C5H9N3O4S.C4H8N2O3S/c6-3(2-13-8-12)5(11)7-1-4(9)10;7-4(8)3(1-2-10)5-6-9/h3H,1-2,6H2,(H,7,11)(H,9,10);3,10H,1-2H2,(H,5,9)(H,7,8). The molecule has 0 spiro atoms. The van der Waals surface area contributed by atoms with Gasteiger partial charge in [-0.1, -0.05) is 0 Å². The van der Waals surface area contributed by atoms with Gasteiger partial charge in [-0.3, -0.25) is 15.0 Å². The van der Waals surface area contributed by atoms with E-state index in [1.807, 2.05) is 5.43 Å². The molecule has 6 N–H and O–H groups in total. The minimum Gasteiger partial charge on any atom is -0.480 e. The van der Waals surface area contributed by atoms with Gasteiger partial charge in [0.05, 0.1) is 11.3 Å². The number of carbonyl (C=O) groups is 3. The van der Waals surface area contributed by atoms with Gasteiger partial charge in [0.25, 0.3) is 0 Å². The molecule has 0 saturated carbocycles. The van der Waals surface area contributed by atoms with E-state index in [1.54, 1.807) is 0 Å². The van der Waals surface area contributed by atoms with Crippen LogP contribution in [0, 0.1) is 9.81 Å². The second kappa shape index (κ2) is 15.0. The molecule has 0 aromatic heterocycles. The first-order chi connectivity index (χ1) is 10.8. The number of rotatable bonds is 11. The highest BCUT2D eigenvalue weighted by atomic mass is 32.2. The molecule has 12 nitrogen and oxygen atoms in total. The molecule has 2 atom stereocenters. The smallest absolute Gasteiger partial charge is 0.327 e. The first-order valence-corrected chi connectivity index (χ1v) is 7.48. The Morgan fingerprint density at radius 1 is 1.26 bits per heavy atom. The summed E-state index contributed by atoms with van der Waals surface area (Å²) in [6.07, 6.45) is 0.282. The van der Waals surface area contributed by atoms with E-state index >= 15 is 0 Å². The van der Waals surface area contributed by atoms with Gasteiger partial charge in [-0.2, -0.15) is 12.6 Å². The number of nitroso groups, excluding NO2 is 2. The topological polar surface area (TPSA) is 201 Å². The van der Waals surface area contributed by atoms with Gasteiger partial charge in [0.1, 0.15) is 12.6 Å². The van der Waals surface area contributed by atoms with Crippen molar-refractivity contribution >= 4 is 42.4 Å². The van der Waals surface area contributed by atoms with Crippen LogP contribution in [-0.2, 0) is 14.4 Å². The first-order valence-electron chi connectivity index (χ1n) is 5.91. The van der Waals surface area contributed by atoms with Crippen molar-refractivity contribution in [1.29, 1.82) is 0 Å². The number of hydrogen-bond acceptors (Lipinski definition) is 10. The lowest BCUT2D eigenvalue weighted by molar-refractivity contribution is -0.139. The normalized spacial score (nSPS) is 11.9. The number of nitrogens with one attached hydrogen (secondary N) is 2. The molecule has 2 unspecified atom stereocenters. The van der Waals surface area contributed by atoms with Gasteiger partial charge in [-0.25, -0.2) is 4.79 Å². The second-order valence-corrected chi connectivity index (χ2v) is 4.90. The number of hydrogen-bond donors (Lipinski definition) is 6. The predicted molar refractivity (Wildman–Crippen MR) is 85.7 cm³/mol. The van der Waals surface area contributed by atoms with Crippen molar-refractivity contribution in [2.45, 2.75) is 18.5 Å². The van der Waals surface area contributed by atoms with Crippen molar-refractivity contribution in [3.05, 3.63) is 9.81 Å². The molecular formula is C9H17N5O7S2. The van der Waals surface area contributed by atoms with Crippen LogP contribution in [0.1, 0.15) is 6.42 Å². The van der Waals surface area contributed by atoms with E-state index in [1.165, 1.54) is 0 Å². The second-order valence-electron chi connectivity index (χ2n) is 3.71. The molecule has 0 rings (SSSR count). The van der Waals surface area contributed by atoms with Crippen LogP contribution in [-0.4, -0.2) is 58.2 Å². The third-order valence-electron chi connectivity index (χ3n) is 1.98. The lowest BCUT2D eigenvalue weighted by atomic mass is 10.2. The van der Waals surface area contributed by atoms with Gasteiger partial charge in [-0.15, -0.1) is 9.81 Å². The summed E-state index contributed by atoms with van der Waals surface area (Å²) in [5.74, 6) is -2.41. The molecule has 0 saturated heterocycles. The highest BCUT2D eigenvalue weighted by Crippen LogP contribution is 2.01. The zero-order valence-corrected chi connectivity index (χ0v) is 13.5. The summed E-state index contributed by atoms with van der Waals surface area (Å²) in [6, 6.07) is -1.82. The van der Waals surface area contributed by atoms with Crippen LogP contribution in [0.3, 0.4) is 0 Å². The fraction of sp³-hybridized carbons (Fsp3) is 0.667. The fourth-order valence-corrected chi connectivity index (χ4v) is 1.55. The Kier molecular flexibility index (Phi) is 15.2. The van der Waals surface area contributed by atoms with Crippen molar-refractivity contribution in [1.82, 2.24) is 10.7 Å². The Bertz CT molecular complexity index is 412. The minimum atomic E-state index is -1.15. The third-order valence-corrected chi connectivity index (χ3v) is 2.85. The molecule has 0 aliphatic rings. The van der Waals surface area contributed by atoms with Gasteiger partial charge < -0.3 is 21.3 Å². The summed E-state index contributed by atoms with van der Waals surface area (Å²) in [7, 11) is 0. The Balaban J connectivity index is 0. The SMILES string of the molecule is NC(CSN=O)C(=O)NCC(=O)O.O=NNC(CCS)C(=O)O. The molecule has 0 aliphatic heterocycles. The molecule has 0 radical (unpaired) electrons. The van der Waals surface area contributed by atoms with E-state index in [2.05, 4.69) is 27.8 Å². The highest BCUT2D eigenvalue weighted by Gasteiger charge is 2.15. The Labute approximate surface area is 140 Å². The zero-order valence-electron chi connectivity index (χ0n) is 11.7. The van der Waals surface area contributed by atoms with Gasteiger partial charge in [0.2, 0.25) is 5.91 Å². The van der Waals surface area contributed by atoms with E-state index in [0.717, 1.165) is 0 Å². The van der Waals surface area contributed by atoms with Crippen LogP contribution in [0.2, 0.25) is 0 Å². The summed E-state index contributed by atoms with van der Waals surface area (Å²) in [5.41, 5.74) is 7.17. The van der Waals surface area contributed by atoms with Gasteiger partial charge >= 0.3 is 11.9 Å². The van der Waals surface area contributed by atoms with E-state index in [0.29, 0.717) is 17.7 Å². The number of nitrogens with two attached hydrogens (primary N) is 1. The summed E-state index contributed by atoms with van der Waals surface area (Å²) in [5, 5.41) is 20.9. The van der Waals surface area contributed by atoms with Gasteiger partial charge in [0.15, 0.2) is 0 Å². The van der Waals surface area contributed by atoms with Crippen molar-refractivity contribution in [2.24, 2.45) is 15.6 Å². The average Bonchev–Trinajstić information content (AvgIpc) is 2.50. The Morgan fingerprint density at radius 2 is 1.87 bits per heavy atom. The fourth-order valence-electron chi connectivity index (χ4n) is 0.916. The molecule has 0 aromatic rings. The van der Waals surface area contributed by atoms with Crippen molar-refractivity contribution in [3.8, 4) is 0 Å². The average molecular weight is 371 g/mol. The summed E-state index contributed by atoms with van der Waals surface area (Å²) >= 11 is 4.42. The van der Waals surface area contributed by atoms with Crippen LogP contribution in [0.5, 0.6) is 0 Å². The molecule has 23 heavy (non-hydrogen) atoms. The van der Waals surface area contributed by atoms with Crippen LogP contribution in [0.25, 0.3) is 0 Å². The van der Waals surface area contributed by atoms with E-state index < -0.39 is 36.5 Å². The molecule has 0 bridgehead atoms. The minimum absolute atomic E-state index is 0.0367. The lowest BCUT2D eigenvalue weighted by Gasteiger charge is -2.07. The maximum atomic E-state index is 10.9. The molecule has 14 heteroatoms. The number of amides is 1. The summed E-state index contributed by atoms with van der Waals surface area (Å²) in [4.78, 5) is 50.3. The quantitative estimate of drug-likeness (QED) is 0.113. The van der Waals surface area contributed by atoms with E-state index in [4.69, 9.17) is 15.9 Å². The van der Waals surface area contributed by atoms with Crippen LogP contribution in [0.15, 0.2) is 9.87 Å². The van der Waals surface area contributed by atoms with Crippen molar-refractivity contribution in [3.63, 3.8) is 0 Å². The summed E-state index contributed by atoms with van der Waals surface area (Å²) in [6.45, 7) is -0.480. The monoisotopic (exact) mass is 371 g/mol. The zero-order chi connectivity index (χ0) is 18.3. The van der Waals surface area contributed by atoms with Crippen LogP contribution in [0.4, 0.5) is 0 Å². The van der Waals surface area contributed by atoms with Crippen molar-refractivity contribution < 1.29 is 24.6 Å².